The van der Waals surface area contributed by atoms with E-state index < -0.39 is 0 Å². The molecular formula is C14H26N4. The molecule has 2 rings (SSSR count). The van der Waals surface area contributed by atoms with Crippen molar-refractivity contribution in [2.45, 2.75) is 32.7 Å². The molecule has 1 aromatic heterocycles. The molecule has 0 bridgehead atoms. The summed E-state index contributed by atoms with van der Waals surface area (Å²) in [6, 6.07) is 0. The summed E-state index contributed by atoms with van der Waals surface area (Å²) in [6.07, 6.45) is 4.19. The first-order chi connectivity index (χ1) is 8.45. The second-order valence-corrected chi connectivity index (χ2v) is 6.39. The van der Waals surface area contributed by atoms with Gasteiger partial charge in [0, 0.05) is 38.9 Å². The fourth-order valence-electron chi connectivity index (χ4n) is 2.19. The molecule has 1 aromatic rings. The topological polar surface area (TPSA) is 24.3 Å². The molecule has 1 aliphatic rings. The van der Waals surface area contributed by atoms with Crippen LogP contribution in [0, 0.1) is 0 Å². The molecule has 0 N–H and O–H groups in total. The van der Waals surface area contributed by atoms with E-state index in [0.29, 0.717) is 0 Å². The number of hydrogen-bond acceptors (Lipinski definition) is 3. The second-order valence-electron chi connectivity index (χ2n) is 6.39. The number of hydrogen-bond donors (Lipinski definition) is 0. The third kappa shape index (κ3) is 3.56. The van der Waals surface area contributed by atoms with E-state index in [1.807, 2.05) is 6.20 Å². The molecular weight excluding hydrogens is 224 g/mol. The Balaban J connectivity index is 1.82. The second kappa shape index (κ2) is 5.41. The minimum absolute atomic E-state index is 0.200. The lowest BCUT2D eigenvalue weighted by Gasteiger charge is -2.32. The summed E-state index contributed by atoms with van der Waals surface area (Å²) in [5, 5.41) is 4.46. The van der Waals surface area contributed by atoms with E-state index >= 15 is 0 Å². The third-order valence-corrected chi connectivity index (χ3v) is 3.74. The van der Waals surface area contributed by atoms with E-state index in [4.69, 9.17) is 0 Å². The maximum absolute atomic E-state index is 4.46. The summed E-state index contributed by atoms with van der Waals surface area (Å²) in [7, 11) is 2.19. The molecule has 4 nitrogen and oxygen atoms in total. The Hall–Kier alpha value is -0.870. The van der Waals surface area contributed by atoms with Gasteiger partial charge >= 0.3 is 0 Å². The van der Waals surface area contributed by atoms with Gasteiger partial charge in [-0.05, 0) is 18.0 Å². The zero-order chi connectivity index (χ0) is 13.2. The molecule has 1 aliphatic heterocycles. The summed E-state index contributed by atoms with van der Waals surface area (Å²) in [6.45, 7) is 13.5. The first kappa shape index (κ1) is 13.6. The van der Waals surface area contributed by atoms with Gasteiger partial charge in [0.25, 0.3) is 0 Å². The summed E-state index contributed by atoms with van der Waals surface area (Å²) in [5.41, 5.74) is 1.52. The fourth-order valence-corrected chi connectivity index (χ4v) is 2.19. The normalized spacial score (nSPS) is 19.3. The number of piperazine rings is 1. The summed E-state index contributed by atoms with van der Waals surface area (Å²) in [5.74, 6) is 0. The highest BCUT2D eigenvalue weighted by molar-refractivity contribution is 5.14. The lowest BCUT2D eigenvalue weighted by atomic mass is 9.90. The Morgan fingerprint density at radius 2 is 1.78 bits per heavy atom. The van der Waals surface area contributed by atoms with Gasteiger partial charge < -0.3 is 4.90 Å². The van der Waals surface area contributed by atoms with Crippen LogP contribution >= 0.6 is 0 Å². The minimum atomic E-state index is 0.200. The average molecular weight is 250 g/mol. The van der Waals surface area contributed by atoms with Crippen molar-refractivity contribution in [3.8, 4) is 0 Å². The van der Waals surface area contributed by atoms with E-state index in [2.05, 4.69) is 53.6 Å². The largest absolute Gasteiger partial charge is 0.304 e. The zero-order valence-corrected chi connectivity index (χ0v) is 12.2. The van der Waals surface area contributed by atoms with Crippen LogP contribution in [0.1, 0.15) is 26.3 Å². The summed E-state index contributed by atoms with van der Waals surface area (Å²) >= 11 is 0. The average Bonchev–Trinajstić information content (AvgIpc) is 2.77. The van der Waals surface area contributed by atoms with Crippen LogP contribution in [0.3, 0.4) is 0 Å². The quantitative estimate of drug-likeness (QED) is 0.811. The smallest absolute Gasteiger partial charge is 0.0536 e. The van der Waals surface area contributed by atoms with E-state index in [9.17, 15) is 0 Å². The number of aromatic nitrogens is 2. The molecule has 4 heteroatoms. The van der Waals surface area contributed by atoms with Crippen molar-refractivity contribution in [2.24, 2.45) is 0 Å². The van der Waals surface area contributed by atoms with E-state index in [1.165, 1.54) is 31.7 Å². The molecule has 0 aromatic carbocycles. The Morgan fingerprint density at radius 3 is 2.33 bits per heavy atom. The molecule has 0 saturated carbocycles. The Labute approximate surface area is 111 Å². The highest BCUT2D eigenvalue weighted by atomic mass is 15.3. The van der Waals surface area contributed by atoms with Crippen LogP contribution in [0.15, 0.2) is 12.4 Å². The molecule has 102 valence electrons. The predicted molar refractivity (Wildman–Crippen MR) is 74.9 cm³/mol. The van der Waals surface area contributed by atoms with Gasteiger partial charge in [-0.2, -0.15) is 5.10 Å². The maximum atomic E-state index is 4.46. The Kier molecular flexibility index (Phi) is 4.07. The van der Waals surface area contributed by atoms with Gasteiger partial charge in [0.05, 0.1) is 12.7 Å². The molecule has 0 radical (unpaired) electrons. The van der Waals surface area contributed by atoms with Crippen molar-refractivity contribution in [3.05, 3.63) is 18.0 Å². The maximum Gasteiger partial charge on any atom is 0.0536 e. The van der Waals surface area contributed by atoms with Crippen molar-refractivity contribution in [3.63, 3.8) is 0 Å². The van der Waals surface area contributed by atoms with Crippen LogP contribution in [0.5, 0.6) is 0 Å². The minimum Gasteiger partial charge on any atom is -0.304 e. The monoisotopic (exact) mass is 250 g/mol. The van der Waals surface area contributed by atoms with Crippen molar-refractivity contribution in [2.75, 3.05) is 39.8 Å². The highest BCUT2D eigenvalue weighted by Crippen LogP contribution is 2.20. The van der Waals surface area contributed by atoms with E-state index in [-0.39, 0.29) is 5.41 Å². The SMILES string of the molecule is CN1CCN(CCn2cc(C(C)(C)C)cn2)CC1. The van der Waals surface area contributed by atoms with Crippen LogP contribution < -0.4 is 0 Å². The van der Waals surface area contributed by atoms with E-state index in [0.717, 1.165) is 13.1 Å². The molecule has 2 heterocycles. The van der Waals surface area contributed by atoms with Crippen molar-refractivity contribution >= 4 is 0 Å². The van der Waals surface area contributed by atoms with Crippen LogP contribution in [0.4, 0.5) is 0 Å². The molecule has 0 unspecified atom stereocenters. The molecule has 0 spiro atoms. The lowest BCUT2D eigenvalue weighted by Crippen LogP contribution is -2.45. The molecule has 0 amide bonds. The number of rotatable bonds is 3. The van der Waals surface area contributed by atoms with E-state index in [1.54, 1.807) is 0 Å². The molecule has 1 saturated heterocycles. The van der Waals surface area contributed by atoms with Crippen LogP contribution in [0.25, 0.3) is 0 Å². The summed E-state index contributed by atoms with van der Waals surface area (Å²) < 4.78 is 2.08. The van der Waals surface area contributed by atoms with Gasteiger partial charge in [0.2, 0.25) is 0 Å². The van der Waals surface area contributed by atoms with Gasteiger partial charge in [0.15, 0.2) is 0 Å². The molecule has 1 fully saturated rings. The number of likely N-dealkylation sites (N-methyl/N-ethyl adjacent to an activating group) is 1. The Bertz CT molecular complexity index is 369. The van der Waals surface area contributed by atoms with Crippen LogP contribution in [0.2, 0.25) is 0 Å². The van der Waals surface area contributed by atoms with Crippen molar-refractivity contribution < 1.29 is 0 Å². The van der Waals surface area contributed by atoms with Gasteiger partial charge in [-0.3, -0.25) is 9.58 Å². The lowest BCUT2D eigenvalue weighted by molar-refractivity contribution is 0.149. The number of nitrogens with zero attached hydrogens (tertiary/aromatic N) is 4. The van der Waals surface area contributed by atoms with Gasteiger partial charge in [-0.1, -0.05) is 20.8 Å². The van der Waals surface area contributed by atoms with Gasteiger partial charge in [-0.15, -0.1) is 0 Å². The highest BCUT2D eigenvalue weighted by Gasteiger charge is 2.16. The van der Waals surface area contributed by atoms with Gasteiger partial charge in [-0.25, -0.2) is 0 Å². The van der Waals surface area contributed by atoms with Crippen molar-refractivity contribution in [1.29, 1.82) is 0 Å². The predicted octanol–water partition coefficient (Wildman–Crippen LogP) is 1.43. The molecule has 18 heavy (non-hydrogen) atoms. The first-order valence-electron chi connectivity index (χ1n) is 6.89. The fraction of sp³-hybridized carbons (Fsp3) is 0.786. The first-order valence-corrected chi connectivity index (χ1v) is 6.89. The molecule has 0 atom stereocenters. The van der Waals surface area contributed by atoms with Crippen LogP contribution in [-0.2, 0) is 12.0 Å². The zero-order valence-electron chi connectivity index (χ0n) is 12.2. The van der Waals surface area contributed by atoms with Crippen molar-refractivity contribution in [1.82, 2.24) is 19.6 Å². The standard InChI is InChI=1S/C14H26N4/c1-14(2,3)13-11-15-18(12-13)10-9-17-7-5-16(4)6-8-17/h11-12H,5-10H2,1-4H3. The molecule has 0 aliphatic carbocycles. The van der Waals surface area contributed by atoms with Crippen LogP contribution in [-0.4, -0.2) is 59.4 Å². The Morgan fingerprint density at radius 1 is 1.11 bits per heavy atom. The summed E-state index contributed by atoms with van der Waals surface area (Å²) in [4.78, 5) is 4.92. The van der Waals surface area contributed by atoms with Gasteiger partial charge in [0.1, 0.15) is 0 Å². The third-order valence-electron chi connectivity index (χ3n) is 3.74.